The van der Waals surface area contributed by atoms with Crippen LogP contribution in [0, 0.1) is 17.8 Å². The zero-order chi connectivity index (χ0) is 7.35. The Morgan fingerprint density at radius 1 is 1.50 bits per heavy atom. The van der Waals surface area contributed by atoms with E-state index in [4.69, 9.17) is 5.73 Å². The van der Waals surface area contributed by atoms with Gasteiger partial charge in [-0.15, -0.1) is 0 Å². The summed E-state index contributed by atoms with van der Waals surface area (Å²) in [6.07, 6.45) is 5.93. The van der Waals surface area contributed by atoms with Crippen LogP contribution in [0.2, 0.25) is 0 Å². The number of rotatable bonds is 0. The summed E-state index contributed by atoms with van der Waals surface area (Å²) in [5.74, 6) is 2.12. The van der Waals surface area contributed by atoms with E-state index in [1.165, 1.54) is 6.42 Å². The lowest BCUT2D eigenvalue weighted by molar-refractivity contribution is 0.295. The molecule has 2 N–H and O–H groups in total. The first kappa shape index (κ1) is 6.41. The lowest BCUT2D eigenvalue weighted by atomic mass is 9.79. The van der Waals surface area contributed by atoms with E-state index >= 15 is 0 Å². The van der Waals surface area contributed by atoms with Crippen molar-refractivity contribution in [3.05, 3.63) is 12.2 Å². The maximum absolute atomic E-state index is 6.16. The average molecular weight is 137 g/mol. The fourth-order valence-corrected chi connectivity index (χ4v) is 2.36. The fraction of sp³-hybridized carbons (Fsp3) is 0.778. The summed E-state index contributed by atoms with van der Waals surface area (Å²) in [7, 11) is 0. The molecule has 0 amide bonds. The molecule has 0 unspecified atom stereocenters. The molecular weight excluding hydrogens is 122 g/mol. The minimum atomic E-state index is 0.0828. The number of allylic oxidation sites excluding steroid dienone is 1. The van der Waals surface area contributed by atoms with Crippen LogP contribution in [0.15, 0.2) is 12.2 Å². The molecule has 10 heavy (non-hydrogen) atoms. The summed E-state index contributed by atoms with van der Waals surface area (Å²) in [4.78, 5) is 0. The summed E-state index contributed by atoms with van der Waals surface area (Å²) in [5.41, 5.74) is 6.24. The van der Waals surface area contributed by atoms with E-state index < -0.39 is 0 Å². The predicted octanol–water partition coefficient (Wildman–Crippen LogP) is 1.55. The number of hydrogen-bond acceptors (Lipinski definition) is 1. The van der Waals surface area contributed by atoms with Gasteiger partial charge in [-0.05, 0) is 31.1 Å². The topological polar surface area (TPSA) is 26.0 Å². The second-order valence-electron chi connectivity index (χ2n) is 4.05. The third kappa shape index (κ3) is 0.567. The normalized spacial score (nSPS) is 58.1. The highest BCUT2D eigenvalue weighted by Gasteiger charge is 2.47. The molecule has 0 aliphatic heterocycles. The summed E-state index contributed by atoms with van der Waals surface area (Å²) in [5, 5.41) is 0. The van der Waals surface area contributed by atoms with Gasteiger partial charge in [0.2, 0.25) is 0 Å². The molecule has 1 fully saturated rings. The summed E-state index contributed by atoms with van der Waals surface area (Å²) in [6.45, 7) is 4.46. The molecule has 2 aliphatic rings. The zero-order valence-corrected chi connectivity index (χ0v) is 6.67. The quantitative estimate of drug-likeness (QED) is 0.504. The minimum absolute atomic E-state index is 0.0828. The second-order valence-corrected chi connectivity index (χ2v) is 4.05. The molecule has 56 valence electrons. The molecule has 0 aromatic carbocycles. The molecule has 0 aromatic heterocycles. The molecule has 2 rings (SSSR count). The van der Waals surface area contributed by atoms with E-state index in [0.717, 1.165) is 5.92 Å². The fourth-order valence-electron chi connectivity index (χ4n) is 2.36. The van der Waals surface area contributed by atoms with Crippen LogP contribution in [-0.4, -0.2) is 5.54 Å². The maximum atomic E-state index is 6.16. The van der Waals surface area contributed by atoms with Crippen molar-refractivity contribution in [2.24, 2.45) is 23.5 Å². The van der Waals surface area contributed by atoms with Gasteiger partial charge >= 0.3 is 0 Å². The van der Waals surface area contributed by atoms with E-state index in [9.17, 15) is 0 Å². The zero-order valence-electron chi connectivity index (χ0n) is 6.67. The Hall–Kier alpha value is -0.300. The van der Waals surface area contributed by atoms with Crippen LogP contribution < -0.4 is 5.73 Å². The third-order valence-corrected chi connectivity index (χ3v) is 3.54. The first-order valence-electron chi connectivity index (χ1n) is 4.09. The van der Waals surface area contributed by atoms with Crippen LogP contribution in [-0.2, 0) is 0 Å². The van der Waals surface area contributed by atoms with Crippen molar-refractivity contribution in [2.45, 2.75) is 25.8 Å². The van der Waals surface area contributed by atoms with Crippen molar-refractivity contribution in [2.75, 3.05) is 0 Å². The van der Waals surface area contributed by atoms with Crippen molar-refractivity contribution in [3.8, 4) is 0 Å². The number of fused-ring (bicyclic) bond motifs is 2. The molecule has 1 nitrogen and oxygen atoms in total. The van der Waals surface area contributed by atoms with Gasteiger partial charge in [0.1, 0.15) is 0 Å². The van der Waals surface area contributed by atoms with Crippen LogP contribution in [0.5, 0.6) is 0 Å². The van der Waals surface area contributed by atoms with Gasteiger partial charge in [0, 0.05) is 5.54 Å². The van der Waals surface area contributed by atoms with Gasteiger partial charge in [0.05, 0.1) is 0 Å². The maximum Gasteiger partial charge on any atom is 0.0220 e. The largest absolute Gasteiger partial charge is 0.325 e. The van der Waals surface area contributed by atoms with E-state index in [1.54, 1.807) is 0 Å². The van der Waals surface area contributed by atoms with Crippen molar-refractivity contribution in [1.29, 1.82) is 0 Å². The van der Waals surface area contributed by atoms with Crippen molar-refractivity contribution in [3.63, 3.8) is 0 Å². The number of nitrogens with two attached hydrogens (primary N) is 1. The van der Waals surface area contributed by atoms with Gasteiger partial charge in [0.15, 0.2) is 0 Å². The highest BCUT2D eigenvalue weighted by atomic mass is 14.8. The molecule has 2 aliphatic carbocycles. The Labute approximate surface area is 62.3 Å². The van der Waals surface area contributed by atoms with Crippen LogP contribution in [0.4, 0.5) is 0 Å². The summed E-state index contributed by atoms with van der Waals surface area (Å²) in [6, 6.07) is 0. The average Bonchev–Trinajstić information content (AvgIpc) is 2.37. The Morgan fingerprint density at radius 2 is 2.20 bits per heavy atom. The van der Waals surface area contributed by atoms with Crippen molar-refractivity contribution < 1.29 is 0 Å². The molecule has 0 saturated heterocycles. The first-order valence-corrected chi connectivity index (χ1v) is 4.09. The Kier molecular flexibility index (Phi) is 1.06. The smallest absolute Gasteiger partial charge is 0.0220 e. The van der Waals surface area contributed by atoms with Crippen LogP contribution >= 0.6 is 0 Å². The lowest BCUT2D eigenvalue weighted by Gasteiger charge is -2.32. The highest BCUT2D eigenvalue weighted by Crippen LogP contribution is 2.48. The molecule has 1 saturated carbocycles. The molecule has 0 aromatic rings. The molecule has 4 atom stereocenters. The molecule has 1 heteroatoms. The SMILES string of the molecule is C[C@H]1[C@@H]2C=C[C@@H](C2)[C@]1(C)N. The Balaban J connectivity index is 2.35. The second kappa shape index (κ2) is 1.65. The number of hydrogen-bond donors (Lipinski definition) is 1. The van der Waals surface area contributed by atoms with E-state index in [0.29, 0.717) is 11.8 Å². The van der Waals surface area contributed by atoms with Gasteiger partial charge in [-0.3, -0.25) is 0 Å². The van der Waals surface area contributed by atoms with Crippen molar-refractivity contribution in [1.82, 2.24) is 0 Å². The van der Waals surface area contributed by atoms with E-state index in [1.807, 2.05) is 0 Å². The minimum Gasteiger partial charge on any atom is -0.325 e. The predicted molar refractivity (Wildman–Crippen MR) is 42.5 cm³/mol. The Bertz CT molecular complexity index is 181. The first-order chi connectivity index (χ1) is 4.62. The van der Waals surface area contributed by atoms with Gasteiger partial charge in [-0.2, -0.15) is 0 Å². The van der Waals surface area contributed by atoms with E-state index in [-0.39, 0.29) is 5.54 Å². The van der Waals surface area contributed by atoms with Gasteiger partial charge < -0.3 is 5.73 Å². The van der Waals surface area contributed by atoms with Gasteiger partial charge in [-0.1, -0.05) is 19.1 Å². The molecular formula is C9H15N. The molecule has 0 radical (unpaired) electrons. The molecule has 2 bridgehead atoms. The standard InChI is InChI=1S/C9H15N/c1-6-7-3-4-8(5-7)9(6,2)10/h3-4,6-8H,5,10H2,1-2H3/t6-,7+,8-,9+/m0/s1. The third-order valence-electron chi connectivity index (χ3n) is 3.54. The summed E-state index contributed by atoms with van der Waals surface area (Å²) >= 11 is 0. The summed E-state index contributed by atoms with van der Waals surface area (Å²) < 4.78 is 0. The van der Waals surface area contributed by atoms with E-state index in [2.05, 4.69) is 26.0 Å². The van der Waals surface area contributed by atoms with Crippen LogP contribution in [0.25, 0.3) is 0 Å². The van der Waals surface area contributed by atoms with Gasteiger partial charge in [0.25, 0.3) is 0 Å². The van der Waals surface area contributed by atoms with Crippen LogP contribution in [0.3, 0.4) is 0 Å². The molecule has 0 spiro atoms. The monoisotopic (exact) mass is 137 g/mol. The molecule has 0 heterocycles. The van der Waals surface area contributed by atoms with Crippen LogP contribution in [0.1, 0.15) is 20.3 Å². The van der Waals surface area contributed by atoms with Crippen molar-refractivity contribution >= 4 is 0 Å². The lowest BCUT2D eigenvalue weighted by Crippen LogP contribution is -2.46. The highest BCUT2D eigenvalue weighted by molar-refractivity contribution is 5.19. The Morgan fingerprint density at radius 3 is 2.50 bits per heavy atom. The van der Waals surface area contributed by atoms with Gasteiger partial charge in [-0.25, -0.2) is 0 Å².